The maximum absolute atomic E-state index is 11.0. The first-order valence-electron chi connectivity index (χ1n) is 10.7. The Morgan fingerprint density at radius 1 is 1.00 bits per heavy atom. The number of non-ortho nitro benzene ring substituents is 1. The highest BCUT2D eigenvalue weighted by Crippen LogP contribution is 2.40. The summed E-state index contributed by atoms with van der Waals surface area (Å²) in [5.41, 5.74) is 3.65. The van der Waals surface area contributed by atoms with Gasteiger partial charge in [-0.1, -0.05) is 55.0 Å². The summed E-state index contributed by atoms with van der Waals surface area (Å²) in [7, 11) is 0. The molecule has 1 heterocycles. The number of nitro benzene ring substituents is 1. The molecule has 0 aliphatic rings. The van der Waals surface area contributed by atoms with Gasteiger partial charge in [0.15, 0.2) is 0 Å². The summed E-state index contributed by atoms with van der Waals surface area (Å²) in [4.78, 5) is 20.9. The molecular weight excluding hydrogens is 434 g/mol. The van der Waals surface area contributed by atoms with Gasteiger partial charge >= 0.3 is 0 Å². The van der Waals surface area contributed by atoms with Crippen molar-refractivity contribution in [1.29, 1.82) is 0 Å². The average Bonchev–Trinajstić information content (AvgIpc) is 3.29. The Morgan fingerprint density at radius 2 is 1.73 bits per heavy atom. The molecule has 3 aromatic carbocycles. The Hall–Kier alpha value is -3.84. The van der Waals surface area contributed by atoms with Crippen molar-refractivity contribution in [2.75, 3.05) is 6.61 Å². The van der Waals surface area contributed by atoms with Gasteiger partial charge in [0.05, 0.1) is 22.1 Å². The Labute approximate surface area is 196 Å². The van der Waals surface area contributed by atoms with E-state index < -0.39 is 4.92 Å². The normalized spacial score (nSPS) is 11.1. The van der Waals surface area contributed by atoms with Gasteiger partial charge in [-0.3, -0.25) is 10.1 Å². The first-order valence-corrected chi connectivity index (χ1v) is 11.5. The van der Waals surface area contributed by atoms with Gasteiger partial charge in [-0.15, -0.1) is 0 Å². The Kier molecular flexibility index (Phi) is 7.22. The SMILES string of the molecule is CCCCOc1ccc(C=Nc2nc(-c3ccccc3)c(-c3ccc([N+](=O)[O-])cc3)s2)cc1. The highest BCUT2D eigenvalue weighted by molar-refractivity contribution is 7.19. The molecule has 0 amide bonds. The van der Waals surface area contributed by atoms with E-state index in [1.807, 2.05) is 54.6 Å². The predicted molar refractivity (Wildman–Crippen MR) is 134 cm³/mol. The number of aromatic nitrogens is 1. The average molecular weight is 458 g/mol. The molecule has 0 atom stereocenters. The summed E-state index contributed by atoms with van der Waals surface area (Å²) in [6, 6.07) is 24.2. The standard InChI is InChI=1S/C26H23N3O3S/c1-2-3-17-32-23-15-9-19(10-16-23)18-27-26-28-24(20-7-5-4-6-8-20)25(33-26)21-11-13-22(14-12-21)29(30)31/h4-16,18H,2-3,17H2,1H3. The minimum Gasteiger partial charge on any atom is -0.494 e. The quantitative estimate of drug-likeness (QED) is 0.114. The van der Waals surface area contributed by atoms with E-state index in [0.717, 1.165) is 52.5 Å². The zero-order valence-electron chi connectivity index (χ0n) is 18.2. The zero-order chi connectivity index (χ0) is 23.0. The number of thiazole rings is 1. The molecule has 0 unspecified atom stereocenters. The molecule has 166 valence electrons. The largest absolute Gasteiger partial charge is 0.494 e. The molecule has 0 radical (unpaired) electrons. The molecular formula is C26H23N3O3S. The van der Waals surface area contributed by atoms with Crippen molar-refractivity contribution in [2.45, 2.75) is 19.8 Å². The van der Waals surface area contributed by atoms with Crippen molar-refractivity contribution in [3.05, 3.63) is 94.5 Å². The van der Waals surface area contributed by atoms with Gasteiger partial charge in [0.1, 0.15) is 5.75 Å². The van der Waals surface area contributed by atoms with Gasteiger partial charge < -0.3 is 4.74 Å². The van der Waals surface area contributed by atoms with Crippen molar-refractivity contribution in [3.63, 3.8) is 0 Å². The van der Waals surface area contributed by atoms with E-state index in [9.17, 15) is 10.1 Å². The van der Waals surface area contributed by atoms with E-state index in [1.54, 1.807) is 18.3 Å². The van der Waals surface area contributed by atoms with Crippen LogP contribution in [0.25, 0.3) is 21.7 Å². The second-order valence-electron chi connectivity index (χ2n) is 7.37. The fraction of sp³-hybridized carbons (Fsp3) is 0.154. The van der Waals surface area contributed by atoms with Gasteiger partial charge in [0.25, 0.3) is 5.69 Å². The Morgan fingerprint density at radius 3 is 2.39 bits per heavy atom. The first-order chi connectivity index (χ1) is 16.1. The van der Waals surface area contributed by atoms with E-state index in [-0.39, 0.29) is 5.69 Å². The lowest BCUT2D eigenvalue weighted by atomic mass is 10.1. The molecule has 0 N–H and O–H groups in total. The summed E-state index contributed by atoms with van der Waals surface area (Å²) in [5, 5.41) is 11.6. The molecule has 0 bridgehead atoms. The third-order valence-corrected chi connectivity index (χ3v) is 5.99. The summed E-state index contributed by atoms with van der Waals surface area (Å²) in [6.07, 6.45) is 3.92. The van der Waals surface area contributed by atoms with Crippen molar-refractivity contribution in [2.24, 2.45) is 4.99 Å². The van der Waals surface area contributed by atoms with E-state index >= 15 is 0 Å². The number of aliphatic imine (C=N–C) groups is 1. The number of nitrogens with zero attached hydrogens (tertiary/aromatic N) is 3. The Bertz CT molecular complexity index is 1230. The molecule has 0 saturated heterocycles. The van der Waals surface area contributed by atoms with Crippen LogP contribution in [-0.4, -0.2) is 22.7 Å². The molecule has 0 saturated carbocycles. The second-order valence-corrected chi connectivity index (χ2v) is 8.35. The van der Waals surface area contributed by atoms with Crippen LogP contribution in [0.15, 0.2) is 83.9 Å². The molecule has 4 rings (SSSR count). The van der Waals surface area contributed by atoms with Gasteiger partial charge in [-0.25, -0.2) is 9.98 Å². The third-order valence-electron chi connectivity index (χ3n) is 4.97. The monoisotopic (exact) mass is 457 g/mol. The molecule has 6 nitrogen and oxygen atoms in total. The smallest absolute Gasteiger partial charge is 0.269 e. The molecule has 0 spiro atoms. The minimum absolute atomic E-state index is 0.0601. The Balaban J connectivity index is 1.61. The highest BCUT2D eigenvalue weighted by atomic mass is 32.1. The van der Waals surface area contributed by atoms with Gasteiger partial charge in [0, 0.05) is 23.9 Å². The molecule has 0 fully saturated rings. The lowest BCUT2D eigenvalue weighted by Gasteiger charge is -2.04. The van der Waals surface area contributed by atoms with Crippen molar-refractivity contribution >= 4 is 28.4 Å². The highest BCUT2D eigenvalue weighted by Gasteiger charge is 2.15. The second kappa shape index (κ2) is 10.7. The van der Waals surface area contributed by atoms with Crippen LogP contribution in [0.3, 0.4) is 0 Å². The van der Waals surface area contributed by atoms with E-state index in [0.29, 0.717) is 5.13 Å². The third kappa shape index (κ3) is 5.70. The summed E-state index contributed by atoms with van der Waals surface area (Å²) in [6.45, 7) is 2.86. The molecule has 33 heavy (non-hydrogen) atoms. The first kappa shape index (κ1) is 22.4. The van der Waals surface area contributed by atoms with Crippen LogP contribution in [0.5, 0.6) is 5.75 Å². The van der Waals surface area contributed by atoms with Crippen LogP contribution < -0.4 is 4.74 Å². The maximum atomic E-state index is 11.0. The van der Waals surface area contributed by atoms with Crippen molar-refractivity contribution < 1.29 is 9.66 Å². The molecule has 0 aliphatic heterocycles. The van der Waals surface area contributed by atoms with Gasteiger partial charge in [0.2, 0.25) is 5.13 Å². The molecule has 0 aliphatic carbocycles. The van der Waals surface area contributed by atoms with Gasteiger partial charge in [-0.05, 0) is 53.9 Å². The molecule has 1 aromatic heterocycles. The van der Waals surface area contributed by atoms with Crippen LogP contribution in [0.2, 0.25) is 0 Å². The van der Waals surface area contributed by atoms with Crippen LogP contribution in [0.1, 0.15) is 25.3 Å². The lowest BCUT2D eigenvalue weighted by molar-refractivity contribution is -0.384. The number of rotatable bonds is 9. The van der Waals surface area contributed by atoms with Crippen LogP contribution >= 0.6 is 11.3 Å². The minimum atomic E-state index is -0.398. The number of hydrogen-bond acceptors (Lipinski definition) is 6. The summed E-state index contributed by atoms with van der Waals surface area (Å²) >= 11 is 1.45. The fourth-order valence-electron chi connectivity index (χ4n) is 3.20. The topological polar surface area (TPSA) is 77.6 Å². The van der Waals surface area contributed by atoms with Gasteiger partial charge in [-0.2, -0.15) is 0 Å². The summed E-state index contributed by atoms with van der Waals surface area (Å²) in [5.74, 6) is 0.849. The van der Waals surface area contributed by atoms with E-state index in [4.69, 9.17) is 9.72 Å². The van der Waals surface area contributed by atoms with Crippen molar-refractivity contribution in [3.8, 4) is 27.4 Å². The number of ether oxygens (including phenoxy) is 1. The number of benzene rings is 3. The van der Waals surface area contributed by atoms with E-state index in [1.165, 1.54) is 23.5 Å². The van der Waals surface area contributed by atoms with Crippen LogP contribution in [0.4, 0.5) is 10.8 Å². The zero-order valence-corrected chi connectivity index (χ0v) is 19.0. The molecule has 4 aromatic rings. The van der Waals surface area contributed by atoms with Crippen LogP contribution in [0, 0.1) is 10.1 Å². The van der Waals surface area contributed by atoms with Crippen LogP contribution in [-0.2, 0) is 0 Å². The molecule has 7 heteroatoms. The van der Waals surface area contributed by atoms with E-state index in [2.05, 4.69) is 11.9 Å². The number of unbranched alkanes of at least 4 members (excludes halogenated alkanes) is 1. The maximum Gasteiger partial charge on any atom is 0.269 e. The summed E-state index contributed by atoms with van der Waals surface area (Å²) < 4.78 is 5.71. The fourth-order valence-corrected chi connectivity index (χ4v) is 4.14. The lowest BCUT2D eigenvalue weighted by Crippen LogP contribution is -1.96. The predicted octanol–water partition coefficient (Wildman–Crippen LogP) is 7.31. The van der Waals surface area contributed by atoms with Crippen molar-refractivity contribution in [1.82, 2.24) is 4.98 Å². The number of nitro groups is 1. The number of hydrogen-bond donors (Lipinski definition) is 0.